The highest BCUT2D eigenvalue weighted by Gasteiger charge is 2.17. The number of alkyl halides is 1. The smallest absolute Gasteiger partial charge is 0.297 e. The summed E-state index contributed by atoms with van der Waals surface area (Å²) < 4.78 is 10.5. The third-order valence-corrected chi connectivity index (χ3v) is 2.86. The second-order valence-electron chi connectivity index (χ2n) is 3.70. The van der Waals surface area contributed by atoms with Gasteiger partial charge in [-0.05, 0) is 13.3 Å². The summed E-state index contributed by atoms with van der Waals surface area (Å²) in [5, 5.41) is 0. The molecule has 0 fully saturated rings. The zero-order chi connectivity index (χ0) is 12.0. The van der Waals surface area contributed by atoms with Gasteiger partial charge in [-0.1, -0.05) is 6.92 Å². The van der Waals surface area contributed by atoms with Crippen molar-refractivity contribution in [1.29, 1.82) is 0 Å². The van der Waals surface area contributed by atoms with E-state index < -0.39 is 0 Å². The Balaban J connectivity index is 2.74. The Morgan fingerprint density at radius 2 is 2.38 bits per heavy atom. The van der Waals surface area contributed by atoms with E-state index in [0.717, 1.165) is 18.7 Å². The van der Waals surface area contributed by atoms with E-state index in [1.807, 2.05) is 0 Å². The van der Waals surface area contributed by atoms with Gasteiger partial charge in [0.15, 0.2) is 0 Å². The fourth-order valence-corrected chi connectivity index (χ4v) is 1.53. The third-order valence-electron chi connectivity index (χ3n) is 2.58. The van der Waals surface area contributed by atoms with Crippen molar-refractivity contribution in [1.82, 2.24) is 4.98 Å². The van der Waals surface area contributed by atoms with E-state index in [1.165, 1.54) is 0 Å². The standard InChI is InChI=1S/C11H19ClN2O2/c1-4-9(2)14(5-6-15-3)11-13-10(7-12)8-16-11/h8-9H,4-7H2,1-3H3. The highest BCUT2D eigenvalue weighted by molar-refractivity contribution is 6.16. The molecule has 0 N–H and O–H groups in total. The summed E-state index contributed by atoms with van der Waals surface area (Å²) in [7, 11) is 1.69. The SMILES string of the molecule is CCC(C)N(CCOC)c1nc(CCl)co1. The van der Waals surface area contributed by atoms with Gasteiger partial charge in [0.05, 0.1) is 18.2 Å². The zero-order valence-corrected chi connectivity index (χ0v) is 10.8. The molecule has 1 aromatic heterocycles. The molecule has 16 heavy (non-hydrogen) atoms. The molecule has 0 saturated carbocycles. The maximum Gasteiger partial charge on any atom is 0.297 e. The molecule has 0 aliphatic rings. The molecule has 1 rings (SSSR count). The minimum atomic E-state index is 0.372. The molecule has 0 amide bonds. The summed E-state index contributed by atoms with van der Waals surface area (Å²) in [6.07, 6.45) is 2.63. The highest BCUT2D eigenvalue weighted by atomic mass is 35.5. The Bertz CT molecular complexity index is 304. The van der Waals surface area contributed by atoms with Crippen molar-refractivity contribution < 1.29 is 9.15 Å². The Morgan fingerprint density at radius 3 is 2.88 bits per heavy atom. The molecule has 1 heterocycles. The summed E-state index contributed by atoms with van der Waals surface area (Å²) in [6, 6.07) is 0.999. The lowest BCUT2D eigenvalue weighted by molar-refractivity contribution is 0.201. The number of nitrogens with zero attached hydrogens (tertiary/aromatic N) is 2. The first-order chi connectivity index (χ1) is 7.72. The van der Waals surface area contributed by atoms with E-state index in [1.54, 1.807) is 13.4 Å². The Morgan fingerprint density at radius 1 is 1.62 bits per heavy atom. The van der Waals surface area contributed by atoms with Gasteiger partial charge in [0.25, 0.3) is 6.01 Å². The van der Waals surface area contributed by atoms with Gasteiger partial charge in [0.2, 0.25) is 0 Å². The van der Waals surface area contributed by atoms with E-state index in [2.05, 4.69) is 23.7 Å². The number of aromatic nitrogens is 1. The quantitative estimate of drug-likeness (QED) is 0.694. The second-order valence-corrected chi connectivity index (χ2v) is 3.97. The van der Waals surface area contributed by atoms with Crippen molar-refractivity contribution >= 4 is 17.6 Å². The Hall–Kier alpha value is -0.740. The molecule has 0 aromatic carbocycles. The van der Waals surface area contributed by atoms with Crippen LogP contribution in [0, 0.1) is 0 Å². The fraction of sp³-hybridized carbons (Fsp3) is 0.727. The van der Waals surface area contributed by atoms with Crippen LogP contribution in [0.15, 0.2) is 10.7 Å². The molecule has 0 radical (unpaired) electrons. The normalized spacial score (nSPS) is 12.8. The van der Waals surface area contributed by atoms with Gasteiger partial charge < -0.3 is 14.1 Å². The number of rotatable bonds is 7. The topological polar surface area (TPSA) is 38.5 Å². The number of methoxy groups -OCH3 is 1. The van der Waals surface area contributed by atoms with Crippen molar-refractivity contribution in [2.75, 3.05) is 25.2 Å². The molecule has 92 valence electrons. The summed E-state index contributed by atoms with van der Waals surface area (Å²) in [5.74, 6) is 0.377. The van der Waals surface area contributed by atoms with E-state index in [0.29, 0.717) is 24.5 Å². The Kier molecular flexibility index (Phi) is 5.63. The average Bonchev–Trinajstić information content (AvgIpc) is 2.77. The van der Waals surface area contributed by atoms with Crippen LogP contribution < -0.4 is 4.90 Å². The van der Waals surface area contributed by atoms with E-state index >= 15 is 0 Å². The lowest BCUT2D eigenvalue weighted by atomic mass is 10.2. The molecule has 0 aliphatic carbocycles. The molecule has 0 saturated heterocycles. The zero-order valence-electron chi connectivity index (χ0n) is 10.1. The maximum absolute atomic E-state index is 5.70. The lowest BCUT2D eigenvalue weighted by Crippen LogP contribution is -2.35. The molecule has 1 aromatic rings. The molecular formula is C11H19ClN2O2. The van der Waals surface area contributed by atoms with Crippen molar-refractivity contribution in [3.8, 4) is 0 Å². The maximum atomic E-state index is 5.70. The predicted molar refractivity (Wildman–Crippen MR) is 65.0 cm³/mol. The van der Waals surface area contributed by atoms with Crippen LogP contribution in [0.5, 0.6) is 0 Å². The summed E-state index contributed by atoms with van der Waals surface area (Å²) in [6.45, 7) is 5.70. The second kappa shape index (κ2) is 6.76. The molecule has 1 unspecified atom stereocenters. The average molecular weight is 247 g/mol. The van der Waals surface area contributed by atoms with Crippen LogP contribution in [0.3, 0.4) is 0 Å². The van der Waals surface area contributed by atoms with Crippen LogP contribution in [0.1, 0.15) is 26.0 Å². The van der Waals surface area contributed by atoms with Crippen LogP contribution in [0.4, 0.5) is 6.01 Å². The van der Waals surface area contributed by atoms with Crippen LogP contribution in [0.25, 0.3) is 0 Å². The van der Waals surface area contributed by atoms with Crippen molar-refractivity contribution in [2.45, 2.75) is 32.2 Å². The molecule has 1 atom stereocenters. The molecule has 4 nitrogen and oxygen atoms in total. The Labute approximate surface area is 102 Å². The summed E-state index contributed by atoms with van der Waals surface area (Å²) in [4.78, 5) is 6.42. The minimum absolute atomic E-state index is 0.372. The first kappa shape index (κ1) is 13.3. The minimum Gasteiger partial charge on any atom is -0.432 e. The molecule has 0 aliphatic heterocycles. The molecule has 0 bridgehead atoms. The van der Waals surface area contributed by atoms with Crippen LogP contribution >= 0.6 is 11.6 Å². The third kappa shape index (κ3) is 3.39. The van der Waals surface area contributed by atoms with E-state index in [9.17, 15) is 0 Å². The first-order valence-electron chi connectivity index (χ1n) is 5.48. The summed E-state index contributed by atoms with van der Waals surface area (Å²) >= 11 is 5.70. The van der Waals surface area contributed by atoms with Gasteiger partial charge >= 0.3 is 0 Å². The van der Waals surface area contributed by atoms with Gasteiger partial charge in [0.1, 0.15) is 6.26 Å². The monoisotopic (exact) mass is 246 g/mol. The van der Waals surface area contributed by atoms with Crippen LogP contribution in [0.2, 0.25) is 0 Å². The van der Waals surface area contributed by atoms with Crippen molar-refractivity contribution in [3.05, 3.63) is 12.0 Å². The number of hydrogen-bond acceptors (Lipinski definition) is 4. The number of anilines is 1. The van der Waals surface area contributed by atoms with Crippen molar-refractivity contribution in [2.24, 2.45) is 0 Å². The molecule has 5 heteroatoms. The van der Waals surface area contributed by atoms with Crippen LogP contribution in [-0.2, 0) is 10.6 Å². The molecular weight excluding hydrogens is 228 g/mol. The van der Waals surface area contributed by atoms with Gasteiger partial charge in [-0.3, -0.25) is 0 Å². The number of hydrogen-bond donors (Lipinski definition) is 0. The highest BCUT2D eigenvalue weighted by Crippen LogP contribution is 2.18. The predicted octanol–water partition coefficient (Wildman–Crippen LogP) is 2.66. The fourth-order valence-electron chi connectivity index (χ4n) is 1.40. The van der Waals surface area contributed by atoms with Gasteiger partial charge in [0, 0.05) is 19.7 Å². The number of ether oxygens (including phenoxy) is 1. The molecule has 0 spiro atoms. The van der Waals surface area contributed by atoms with Gasteiger partial charge in [-0.15, -0.1) is 11.6 Å². The van der Waals surface area contributed by atoms with Crippen molar-refractivity contribution in [3.63, 3.8) is 0 Å². The van der Waals surface area contributed by atoms with E-state index in [-0.39, 0.29) is 0 Å². The van der Waals surface area contributed by atoms with Gasteiger partial charge in [-0.2, -0.15) is 4.98 Å². The first-order valence-corrected chi connectivity index (χ1v) is 6.02. The van der Waals surface area contributed by atoms with E-state index in [4.69, 9.17) is 20.8 Å². The summed E-state index contributed by atoms with van der Waals surface area (Å²) in [5.41, 5.74) is 0.766. The number of oxazole rings is 1. The van der Waals surface area contributed by atoms with Crippen LogP contribution in [-0.4, -0.2) is 31.3 Å². The lowest BCUT2D eigenvalue weighted by Gasteiger charge is -2.26. The van der Waals surface area contributed by atoms with Gasteiger partial charge in [-0.25, -0.2) is 0 Å². The largest absolute Gasteiger partial charge is 0.432 e. The number of halogens is 1.